The van der Waals surface area contributed by atoms with Crippen LogP contribution in [0.25, 0.3) is 0 Å². The van der Waals surface area contributed by atoms with E-state index < -0.39 is 0 Å². The molecule has 100 valence electrons. The number of carbonyl (C=O) groups is 1. The number of hydrogen-bond donors (Lipinski definition) is 1. The van der Waals surface area contributed by atoms with Crippen molar-refractivity contribution in [2.24, 2.45) is 11.7 Å². The van der Waals surface area contributed by atoms with E-state index in [2.05, 4.69) is 11.0 Å². The van der Waals surface area contributed by atoms with Crippen molar-refractivity contribution in [3.63, 3.8) is 0 Å². The second-order valence-electron chi connectivity index (χ2n) is 4.89. The lowest BCUT2D eigenvalue weighted by Crippen LogP contribution is -2.40. The highest BCUT2D eigenvalue weighted by molar-refractivity contribution is 6.31. The first-order valence-corrected chi connectivity index (χ1v) is 6.68. The maximum atomic E-state index is 11.2. The van der Waals surface area contributed by atoms with E-state index in [1.54, 1.807) is 12.1 Å². The average molecular weight is 278 g/mol. The standard InChI is InChI=1S/C14H16ClN3O/c15-13-6-10(7-16)3-4-11(13)8-18-5-1-2-12(9-18)14(17)19/h3-4,6,12H,1-2,5,8-9H2,(H2,17,19). The third kappa shape index (κ3) is 3.46. The van der Waals surface area contributed by atoms with Gasteiger partial charge in [0, 0.05) is 18.1 Å². The van der Waals surface area contributed by atoms with Crippen molar-refractivity contribution in [2.75, 3.05) is 13.1 Å². The van der Waals surface area contributed by atoms with Crippen LogP contribution in [0.2, 0.25) is 5.02 Å². The molecule has 1 aliphatic heterocycles. The lowest BCUT2D eigenvalue weighted by molar-refractivity contribution is -0.123. The Balaban J connectivity index is 2.05. The van der Waals surface area contributed by atoms with Gasteiger partial charge >= 0.3 is 0 Å². The van der Waals surface area contributed by atoms with Crippen LogP contribution in [0.4, 0.5) is 0 Å². The topological polar surface area (TPSA) is 70.1 Å². The van der Waals surface area contributed by atoms with Crippen LogP contribution in [0.15, 0.2) is 18.2 Å². The van der Waals surface area contributed by atoms with E-state index in [-0.39, 0.29) is 11.8 Å². The molecule has 1 amide bonds. The fourth-order valence-electron chi connectivity index (χ4n) is 2.42. The Labute approximate surface area is 117 Å². The number of nitrogens with zero attached hydrogens (tertiary/aromatic N) is 2. The third-order valence-corrected chi connectivity index (χ3v) is 3.84. The predicted molar refractivity (Wildman–Crippen MR) is 73.4 cm³/mol. The van der Waals surface area contributed by atoms with Crippen LogP contribution in [0, 0.1) is 17.2 Å². The highest BCUT2D eigenvalue weighted by Gasteiger charge is 2.24. The van der Waals surface area contributed by atoms with Crippen LogP contribution < -0.4 is 5.73 Å². The number of amides is 1. The molecule has 0 aliphatic carbocycles. The summed E-state index contributed by atoms with van der Waals surface area (Å²) in [6.07, 6.45) is 1.84. The Kier molecular flexibility index (Phi) is 4.41. The second kappa shape index (κ2) is 6.05. The molecule has 2 rings (SSSR count). The van der Waals surface area contributed by atoms with E-state index in [0.29, 0.717) is 23.7 Å². The maximum Gasteiger partial charge on any atom is 0.221 e. The first-order valence-electron chi connectivity index (χ1n) is 6.30. The van der Waals surface area contributed by atoms with Crippen LogP contribution in [0.1, 0.15) is 24.0 Å². The quantitative estimate of drug-likeness (QED) is 0.917. The zero-order chi connectivity index (χ0) is 13.8. The largest absolute Gasteiger partial charge is 0.369 e. The van der Waals surface area contributed by atoms with Gasteiger partial charge in [-0.3, -0.25) is 9.69 Å². The number of nitriles is 1. The SMILES string of the molecule is N#Cc1ccc(CN2CCCC(C(N)=O)C2)c(Cl)c1. The van der Waals surface area contributed by atoms with Gasteiger partial charge in [0.2, 0.25) is 5.91 Å². The van der Waals surface area contributed by atoms with Crippen molar-refractivity contribution in [3.8, 4) is 6.07 Å². The second-order valence-corrected chi connectivity index (χ2v) is 5.30. The molecule has 1 heterocycles. The molecule has 1 aromatic carbocycles. The van der Waals surface area contributed by atoms with Crippen molar-refractivity contribution < 1.29 is 4.79 Å². The van der Waals surface area contributed by atoms with Gasteiger partial charge < -0.3 is 5.73 Å². The van der Waals surface area contributed by atoms with Gasteiger partial charge in [-0.05, 0) is 37.1 Å². The molecule has 1 fully saturated rings. The summed E-state index contributed by atoms with van der Waals surface area (Å²) in [6.45, 7) is 2.32. The van der Waals surface area contributed by atoms with Crippen LogP contribution in [0.3, 0.4) is 0 Å². The first kappa shape index (κ1) is 13.9. The van der Waals surface area contributed by atoms with Gasteiger partial charge in [0.1, 0.15) is 0 Å². The van der Waals surface area contributed by atoms with Crippen LogP contribution >= 0.6 is 11.6 Å². The molecule has 1 aromatic rings. The molecule has 19 heavy (non-hydrogen) atoms. The summed E-state index contributed by atoms with van der Waals surface area (Å²) in [6, 6.07) is 7.36. The molecule has 0 spiro atoms. The van der Waals surface area contributed by atoms with Crippen molar-refractivity contribution in [2.45, 2.75) is 19.4 Å². The summed E-state index contributed by atoms with van der Waals surface area (Å²) in [5, 5.41) is 9.40. The third-order valence-electron chi connectivity index (χ3n) is 3.48. The zero-order valence-electron chi connectivity index (χ0n) is 10.6. The Morgan fingerprint density at radius 1 is 1.58 bits per heavy atom. The molecule has 0 aromatic heterocycles. The van der Waals surface area contributed by atoms with Crippen molar-refractivity contribution >= 4 is 17.5 Å². The van der Waals surface area contributed by atoms with Crippen LogP contribution in [-0.2, 0) is 11.3 Å². The summed E-state index contributed by atoms with van der Waals surface area (Å²) < 4.78 is 0. The Hall–Kier alpha value is -1.57. The molecule has 5 heteroatoms. The van der Waals surface area contributed by atoms with Crippen molar-refractivity contribution in [1.29, 1.82) is 5.26 Å². The molecule has 0 saturated carbocycles. The Bertz CT molecular complexity index is 524. The minimum Gasteiger partial charge on any atom is -0.369 e. The van der Waals surface area contributed by atoms with Gasteiger partial charge in [0.05, 0.1) is 17.6 Å². The fraction of sp³-hybridized carbons (Fsp3) is 0.429. The van der Waals surface area contributed by atoms with Gasteiger partial charge in [-0.25, -0.2) is 0 Å². The van der Waals surface area contributed by atoms with E-state index in [1.165, 1.54) is 0 Å². The van der Waals surface area contributed by atoms with E-state index >= 15 is 0 Å². The summed E-state index contributed by atoms with van der Waals surface area (Å²) in [4.78, 5) is 13.4. The summed E-state index contributed by atoms with van der Waals surface area (Å²) in [7, 11) is 0. The summed E-state index contributed by atoms with van der Waals surface area (Å²) >= 11 is 6.16. The van der Waals surface area contributed by atoms with Gasteiger partial charge in [0.15, 0.2) is 0 Å². The monoisotopic (exact) mass is 277 g/mol. The molecule has 1 unspecified atom stereocenters. The number of piperidine rings is 1. The Morgan fingerprint density at radius 3 is 3.00 bits per heavy atom. The zero-order valence-corrected chi connectivity index (χ0v) is 11.4. The maximum absolute atomic E-state index is 11.2. The van der Waals surface area contributed by atoms with Gasteiger partial charge in [-0.2, -0.15) is 5.26 Å². The molecule has 4 nitrogen and oxygen atoms in total. The normalized spacial score (nSPS) is 19.9. The fourth-order valence-corrected chi connectivity index (χ4v) is 2.66. The molecule has 0 bridgehead atoms. The molecule has 0 radical (unpaired) electrons. The summed E-state index contributed by atoms with van der Waals surface area (Å²) in [5.74, 6) is -0.290. The van der Waals surface area contributed by atoms with Crippen LogP contribution in [0.5, 0.6) is 0 Å². The minimum absolute atomic E-state index is 0.0640. The van der Waals surface area contributed by atoms with Crippen molar-refractivity contribution in [1.82, 2.24) is 4.90 Å². The number of benzene rings is 1. The number of halogens is 1. The number of primary amides is 1. The number of hydrogen-bond acceptors (Lipinski definition) is 3. The number of likely N-dealkylation sites (tertiary alicyclic amines) is 1. The number of rotatable bonds is 3. The molecular formula is C14H16ClN3O. The van der Waals surface area contributed by atoms with Gasteiger partial charge in [-0.1, -0.05) is 17.7 Å². The first-order chi connectivity index (χ1) is 9.10. The summed E-state index contributed by atoms with van der Waals surface area (Å²) in [5.41, 5.74) is 6.90. The van der Waals surface area contributed by atoms with E-state index in [1.807, 2.05) is 6.07 Å². The van der Waals surface area contributed by atoms with Gasteiger partial charge in [0.25, 0.3) is 0 Å². The van der Waals surface area contributed by atoms with E-state index in [4.69, 9.17) is 22.6 Å². The predicted octanol–water partition coefficient (Wildman–Crippen LogP) is 1.91. The van der Waals surface area contributed by atoms with Crippen molar-refractivity contribution in [3.05, 3.63) is 34.3 Å². The lowest BCUT2D eigenvalue weighted by atomic mass is 9.97. The lowest BCUT2D eigenvalue weighted by Gasteiger charge is -2.31. The van der Waals surface area contributed by atoms with Gasteiger partial charge in [-0.15, -0.1) is 0 Å². The average Bonchev–Trinajstić information content (AvgIpc) is 2.41. The smallest absolute Gasteiger partial charge is 0.221 e. The number of nitrogens with two attached hydrogens (primary N) is 1. The molecule has 1 atom stereocenters. The Morgan fingerprint density at radius 2 is 2.37 bits per heavy atom. The van der Waals surface area contributed by atoms with Crippen LogP contribution in [-0.4, -0.2) is 23.9 Å². The highest BCUT2D eigenvalue weighted by atomic mass is 35.5. The number of carbonyl (C=O) groups excluding carboxylic acids is 1. The van der Waals surface area contributed by atoms with E-state index in [9.17, 15) is 4.79 Å². The minimum atomic E-state index is -0.226. The van der Waals surface area contributed by atoms with E-state index in [0.717, 1.165) is 24.9 Å². The molecule has 1 saturated heterocycles. The molecular weight excluding hydrogens is 262 g/mol. The molecule has 1 aliphatic rings. The molecule has 2 N–H and O–H groups in total. The highest BCUT2D eigenvalue weighted by Crippen LogP contribution is 2.23.